The number of nitrogens with two attached hydrogens (primary N) is 3. The number of carbonyl (C=O) groups is 11. The Morgan fingerprint density at radius 3 is 2.07 bits per heavy atom. The number of thiol groups is 1. The molecule has 16 N–H and O–H groups in total. The van der Waals surface area contributed by atoms with Crippen LogP contribution in [0, 0.1) is 11.8 Å². The van der Waals surface area contributed by atoms with Crippen molar-refractivity contribution in [3.8, 4) is 5.75 Å². The van der Waals surface area contributed by atoms with Crippen molar-refractivity contribution >= 4 is 89.5 Å². The van der Waals surface area contributed by atoms with E-state index in [4.69, 9.17) is 17.2 Å². The maximum Gasteiger partial charge on any atom is 0.317 e. The Hall–Kier alpha value is -6.35. The number of nitrogens with zero attached hydrogens (tertiary/aromatic N) is 1. The zero-order chi connectivity index (χ0) is 53.7. The van der Waals surface area contributed by atoms with Gasteiger partial charge in [0.2, 0.25) is 59.1 Å². The number of aromatic hydroxyl groups is 1. The molecule has 1 aromatic rings. The maximum atomic E-state index is 14.6. The number of benzene rings is 1. The van der Waals surface area contributed by atoms with Gasteiger partial charge in [-0.15, -0.1) is 0 Å². The van der Waals surface area contributed by atoms with E-state index in [2.05, 4.69) is 60.5 Å². The molecule has 3 rings (SSSR count). The van der Waals surface area contributed by atoms with E-state index in [1.165, 1.54) is 17.0 Å². The molecule has 400 valence electrons. The van der Waals surface area contributed by atoms with Crippen molar-refractivity contribution < 1.29 is 57.8 Å². The number of hydrogen-bond donors (Lipinski definition) is 14. The average Bonchev–Trinajstić information content (AvgIpc) is 3.82. The number of likely N-dealkylation sites (tertiary alicyclic amines) is 1. The summed E-state index contributed by atoms with van der Waals surface area (Å²) in [7, 11) is 0. The lowest BCUT2D eigenvalue weighted by molar-refractivity contribution is -0.142. The van der Waals surface area contributed by atoms with Crippen molar-refractivity contribution in [2.75, 3.05) is 36.9 Å². The third kappa shape index (κ3) is 20.0. The van der Waals surface area contributed by atoms with Gasteiger partial charge in [0.1, 0.15) is 48.2 Å². The number of hydrogen-bond acceptors (Lipinski definition) is 15. The van der Waals surface area contributed by atoms with E-state index in [1.54, 1.807) is 26.0 Å². The van der Waals surface area contributed by atoms with Crippen molar-refractivity contribution in [3.05, 3.63) is 29.8 Å². The van der Waals surface area contributed by atoms with Crippen LogP contribution in [0.5, 0.6) is 5.75 Å². The zero-order valence-corrected chi connectivity index (χ0v) is 42.7. The molecule has 2 aliphatic heterocycles. The van der Waals surface area contributed by atoms with E-state index < -0.39 is 139 Å². The average molecular weight is 1050 g/mol. The van der Waals surface area contributed by atoms with E-state index in [0.717, 1.165) is 11.8 Å². The minimum absolute atomic E-state index is 0.0223. The molecule has 72 heavy (non-hydrogen) atoms. The molecular weight excluding hydrogens is 979 g/mol. The molecule has 2 fully saturated rings. The lowest BCUT2D eigenvalue weighted by atomic mass is 10.0. The number of primary amides is 3. The predicted molar refractivity (Wildman–Crippen MR) is 268 cm³/mol. The first-order valence-corrected chi connectivity index (χ1v) is 25.5. The van der Waals surface area contributed by atoms with Crippen LogP contribution in [0.25, 0.3) is 0 Å². The van der Waals surface area contributed by atoms with Crippen molar-refractivity contribution in [2.45, 2.75) is 128 Å². The Balaban J connectivity index is 2.04. The summed E-state index contributed by atoms with van der Waals surface area (Å²) in [5.41, 5.74) is 16.7. The fraction of sp³-hybridized carbons (Fsp3) is 0.622. The number of urea groups is 1. The SMILES string of the molecule is CC[C@H](C)C1NC(=O)N[C@@H](CCC(N)=O)C(=O)N[C@@H](CC(N)=O)C(=O)N[C@H](C(=O)N2CCC[C@H]2C(=O)N[C@@H](CC(C)C)C(=O)NCC(N)=O)CSCCN[C@@H](CS)C(=O)N[C@@H](Cc2ccc(O)cc2)C(=O)N1. The summed E-state index contributed by atoms with van der Waals surface area (Å²) in [5.74, 6) is -8.62. The topological polar surface area (TPSA) is 398 Å². The Morgan fingerprint density at radius 2 is 1.46 bits per heavy atom. The first-order valence-electron chi connectivity index (χ1n) is 23.7. The molecule has 0 aromatic heterocycles. The molecule has 2 aliphatic rings. The molecule has 2 heterocycles. The first-order chi connectivity index (χ1) is 34.0. The van der Waals surface area contributed by atoms with Gasteiger partial charge in [0.05, 0.1) is 19.0 Å². The highest BCUT2D eigenvalue weighted by Gasteiger charge is 2.40. The highest BCUT2D eigenvalue weighted by molar-refractivity contribution is 7.99. The van der Waals surface area contributed by atoms with Crippen LogP contribution in [0.2, 0.25) is 0 Å². The summed E-state index contributed by atoms with van der Waals surface area (Å²) in [5, 5.41) is 33.6. The van der Waals surface area contributed by atoms with Crippen molar-refractivity contribution in [2.24, 2.45) is 29.0 Å². The van der Waals surface area contributed by atoms with Crippen LogP contribution in [0.3, 0.4) is 0 Å². The third-order valence-corrected chi connectivity index (χ3v) is 13.2. The molecule has 27 heteroatoms. The zero-order valence-electron chi connectivity index (χ0n) is 41.0. The van der Waals surface area contributed by atoms with Crippen LogP contribution in [0.15, 0.2) is 24.3 Å². The Labute approximate surface area is 427 Å². The number of rotatable bonds is 18. The van der Waals surface area contributed by atoms with E-state index in [9.17, 15) is 57.8 Å². The lowest BCUT2D eigenvalue weighted by Gasteiger charge is -2.31. The summed E-state index contributed by atoms with van der Waals surface area (Å²) in [6.45, 7) is 6.90. The molecule has 1 aromatic carbocycles. The van der Waals surface area contributed by atoms with Gasteiger partial charge in [-0.1, -0.05) is 39.8 Å². The fourth-order valence-corrected chi connectivity index (χ4v) is 8.89. The highest BCUT2D eigenvalue weighted by atomic mass is 32.2. The Morgan fingerprint density at radius 1 is 0.819 bits per heavy atom. The number of thioether (sulfide) groups is 1. The van der Waals surface area contributed by atoms with Crippen molar-refractivity contribution in [3.63, 3.8) is 0 Å². The van der Waals surface area contributed by atoms with Gasteiger partial charge in [0.25, 0.3) is 0 Å². The van der Waals surface area contributed by atoms with Gasteiger partial charge >= 0.3 is 6.03 Å². The number of phenolic OH excluding ortho intramolecular Hbond substituents is 1. The summed E-state index contributed by atoms with van der Waals surface area (Å²) in [6.07, 6.45) is -1.59. The van der Waals surface area contributed by atoms with Crippen LogP contribution in [-0.2, 0) is 54.4 Å². The summed E-state index contributed by atoms with van der Waals surface area (Å²) < 4.78 is 0. The minimum atomic E-state index is -1.74. The quantitative estimate of drug-likeness (QED) is 0.0634. The normalized spacial score (nSPS) is 24.0. The molecule has 0 aliphatic carbocycles. The van der Waals surface area contributed by atoms with E-state index in [1.807, 2.05) is 13.8 Å². The van der Waals surface area contributed by atoms with E-state index in [-0.39, 0.29) is 67.7 Å². The van der Waals surface area contributed by atoms with E-state index in [0.29, 0.717) is 18.4 Å². The van der Waals surface area contributed by atoms with Crippen molar-refractivity contribution in [1.29, 1.82) is 0 Å². The molecule has 0 saturated carbocycles. The van der Waals surface area contributed by atoms with Crippen molar-refractivity contribution in [1.82, 2.24) is 52.8 Å². The minimum Gasteiger partial charge on any atom is -0.508 e. The van der Waals surface area contributed by atoms with Gasteiger partial charge in [-0.25, -0.2) is 4.79 Å². The number of amides is 12. The van der Waals surface area contributed by atoms with Crippen LogP contribution in [-0.4, -0.2) is 160 Å². The summed E-state index contributed by atoms with van der Waals surface area (Å²) in [4.78, 5) is 148. The number of phenols is 1. The van der Waals surface area contributed by atoms with Gasteiger partial charge in [-0.2, -0.15) is 24.4 Å². The first kappa shape index (κ1) is 60.0. The van der Waals surface area contributed by atoms with Gasteiger partial charge in [0.15, 0.2) is 0 Å². The third-order valence-electron chi connectivity index (χ3n) is 11.8. The molecule has 12 amide bonds. The van der Waals surface area contributed by atoms with Gasteiger partial charge in [-0.3, -0.25) is 47.9 Å². The second-order valence-corrected chi connectivity index (χ2v) is 19.6. The second-order valence-electron chi connectivity index (χ2n) is 18.1. The molecule has 0 bridgehead atoms. The molecular formula is C45H71N13O12S2. The standard InChI is InChI=1S/C45H71N13O12S2/c1-5-24(4)37-56-41(66)29(18-25-8-10-26(59)11-9-25)51-42(67)31(21-71)49-14-16-72-22-32(54-40(65)30(19-35(47)61)52-39(64)27(12-13-34(46)60)55-45(70)57-37)44(69)58-15-6-7-33(58)43(68)53-28(17-23(2)3)38(63)50-20-36(48)62/h8-11,23-24,27-33,37,49,59,71H,5-7,12-22H2,1-4H3,(H2,46,60)(H2,47,61)(H2,48,62)(H,50,63)(H,51,67)(H,52,64)(H,53,68)(H,54,65)(H,56,66)(H2,55,57,70)/t24-,27-,28-,29-,30-,31-,32-,33-,37?/m0/s1. The van der Waals surface area contributed by atoms with Gasteiger partial charge < -0.3 is 75.1 Å². The Kier molecular flexibility index (Phi) is 24.9. The number of nitrogens with one attached hydrogen (secondary N) is 9. The van der Waals surface area contributed by atoms with Crippen LogP contribution >= 0.6 is 24.4 Å². The highest BCUT2D eigenvalue weighted by Crippen LogP contribution is 2.21. The van der Waals surface area contributed by atoms with Gasteiger partial charge in [0, 0.05) is 43.2 Å². The van der Waals surface area contributed by atoms with Crippen LogP contribution in [0.4, 0.5) is 4.79 Å². The fourth-order valence-electron chi connectivity index (χ4n) is 7.70. The largest absolute Gasteiger partial charge is 0.508 e. The van der Waals surface area contributed by atoms with Crippen LogP contribution in [0.1, 0.15) is 78.2 Å². The molecule has 1 unspecified atom stereocenters. The molecule has 2 saturated heterocycles. The summed E-state index contributed by atoms with van der Waals surface area (Å²) in [6, 6.07) is -4.12. The number of carbonyl (C=O) groups excluding carboxylic acids is 11. The molecule has 25 nitrogen and oxygen atoms in total. The molecule has 9 atom stereocenters. The van der Waals surface area contributed by atoms with Gasteiger partial charge in [-0.05, 0) is 61.6 Å². The maximum absolute atomic E-state index is 14.6. The molecule has 0 radical (unpaired) electrons. The van der Waals surface area contributed by atoms with E-state index >= 15 is 0 Å². The predicted octanol–water partition coefficient (Wildman–Crippen LogP) is -3.56. The summed E-state index contributed by atoms with van der Waals surface area (Å²) >= 11 is 5.53. The lowest BCUT2D eigenvalue weighted by Crippen LogP contribution is -2.62. The monoisotopic (exact) mass is 1050 g/mol. The Bertz CT molecular complexity index is 2100. The van der Waals surface area contributed by atoms with Crippen LogP contribution < -0.4 is 65.1 Å². The second kappa shape index (κ2) is 29.9. The smallest absolute Gasteiger partial charge is 0.317 e. The molecule has 0 spiro atoms.